The lowest BCUT2D eigenvalue weighted by atomic mass is 9.81. The van der Waals surface area contributed by atoms with Crippen molar-refractivity contribution in [3.05, 3.63) is 56.9 Å². The van der Waals surface area contributed by atoms with Gasteiger partial charge in [-0.25, -0.2) is 13.2 Å². The maximum atomic E-state index is 14.6. The lowest BCUT2D eigenvalue weighted by Crippen LogP contribution is -2.72. The van der Waals surface area contributed by atoms with Gasteiger partial charge in [0.05, 0.1) is 33.6 Å². The number of nitrogens with zero attached hydrogens (tertiary/aromatic N) is 1. The van der Waals surface area contributed by atoms with Crippen molar-refractivity contribution >= 4 is 39.9 Å². The molecule has 0 radical (unpaired) electrons. The number of piperidine rings is 1. The Hall–Kier alpha value is -1.85. The van der Waals surface area contributed by atoms with Crippen molar-refractivity contribution < 1.29 is 23.1 Å². The third-order valence-electron chi connectivity index (χ3n) is 5.71. The van der Waals surface area contributed by atoms with Crippen LogP contribution in [0.15, 0.2) is 30.3 Å². The maximum Gasteiger partial charge on any atom is 0.256 e. The first-order valence-electron chi connectivity index (χ1n) is 9.74. The third-order valence-corrected chi connectivity index (χ3v) is 6.55. The highest BCUT2D eigenvalue weighted by atomic mass is 127. The van der Waals surface area contributed by atoms with Gasteiger partial charge in [0.25, 0.3) is 5.91 Å². The van der Waals surface area contributed by atoms with Crippen molar-refractivity contribution in [2.75, 3.05) is 25.0 Å². The maximum absolute atomic E-state index is 14.6. The van der Waals surface area contributed by atoms with Crippen molar-refractivity contribution in [2.45, 2.75) is 30.9 Å². The predicted molar refractivity (Wildman–Crippen MR) is 115 cm³/mol. The SMILES string of the molecule is O=C(c1ccc(F)c(F)c1Nc1cccc(I)c1F)N1CC(O)([C@H]2CCCCN2)C1. The summed E-state index contributed by atoms with van der Waals surface area (Å²) in [6.45, 7) is 1.01. The Morgan fingerprint density at radius 3 is 2.63 bits per heavy atom. The van der Waals surface area contributed by atoms with Crippen LogP contribution in [0, 0.1) is 21.0 Å². The van der Waals surface area contributed by atoms with Gasteiger partial charge in [0, 0.05) is 6.04 Å². The minimum Gasteiger partial charge on any atom is -0.385 e. The third kappa shape index (κ3) is 3.90. The van der Waals surface area contributed by atoms with Crippen LogP contribution in [0.25, 0.3) is 0 Å². The van der Waals surface area contributed by atoms with Gasteiger partial charge in [-0.3, -0.25) is 4.79 Å². The first-order valence-corrected chi connectivity index (χ1v) is 10.8. The fourth-order valence-electron chi connectivity index (χ4n) is 4.05. The van der Waals surface area contributed by atoms with E-state index in [1.165, 1.54) is 23.1 Å². The number of benzene rings is 2. The largest absolute Gasteiger partial charge is 0.385 e. The molecule has 2 heterocycles. The molecule has 2 fully saturated rings. The van der Waals surface area contributed by atoms with Gasteiger partial charge in [-0.05, 0) is 66.2 Å². The van der Waals surface area contributed by atoms with E-state index >= 15 is 0 Å². The van der Waals surface area contributed by atoms with E-state index in [1.54, 1.807) is 28.7 Å². The standard InChI is InChI=1S/C21H21F3IN3O2/c22-13-8-7-12(19(17(13)23)27-15-5-3-4-14(25)18(15)24)20(29)28-10-21(30,11-28)16-6-1-2-9-26-16/h3-5,7-8,16,26-27,30H,1-2,6,9-11H2/t16-/m1/s1. The molecule has 2 saturated heterocycles. The minimum absolute atomic E-state index is 0.0630. The lowest BCUT2D eigenvalue weighted by molar-refractivity contribution is -0.108. The summed E-state index contributed by atoms with van der Waals surface area (Å²) in [5.41, 5.74) is -1.64. The number of β-amino-alcohol motifs (C(OH)–C–C–N with tert-alkyl or cyclic N) is 1. The first kappa shape index (κ1) is 21.4. The zero-order valence-electron chi connectivity index (χ0n) is 16.0. The molecule has 5 nitrogen and oxygen atoms in total. The van der Waals surface area contributed by atoms with E-state index in [4.69, 9.17) is 0 Å². The molecule has 4 rings (SSSR count). The topological polar surface area (TPSA) is 64.6 Å². The van der Waals surface area contributed by atoms with Crippen molar-refractivity contribution in [1.29, 1.82) is 0 Å². The highest BCUT2D eigenvalue weighted by Crippen LogP contribution is 2.34. The van der Waals surface area contributed by atoms with Gasteiger partial charge in [-0.1, -0.05) is 12.5 Å². The molecule has 0 saturated carbocycles. The van der Waals surface area contributed by atoms with Crippen LogP contribution in [-0.4, -0.2) is 47.2 Å². The molecule has 160 valence electrons. The molecule has 0 bridgehead atoms. The lowest BCUT2D eigenvalue weighted by Gasteiger charge is -2.51. The number of rotatable bonds is 4. The molecule has 0 spiro atoms. The molecular weight excluding hydrogens is 510 g/mol. The summed E-state index contributed by atoms with van der Waals surface area (Å²) in [6.07, 6.45) is 2.88. The summed E-state index contributed by atoms with van der Waals surface area (Å²) in [5.74, 6) is -3.58. The summed E-state index contributed by atoms with van der Waals surface area (Å²) < 4.78 is 43.1. The molecule has 0 aromatic heterocycles. The Bertz CT molecular complexity index is 976. The number of carbonyl (C=O) groups is 1. The summed E-state index contributed by atoms with van der Waals surface area (Å²) in [4.78, 5) is 14.4. The van der Waals surface area contributed by atoms with Crippen LogP contribution >= 0.6 is 22.6 Å². The predicted octanol–water partition coefficient (Wildman–Crippen LogP) is 3.78. The quantitative estimate of drug-likeness (QED) is 0.526. The number of likely N-dealkylation sites (tertiary alicyclic amines) is 1. The molecule has 2 aromatic rings. The first-order chi connectivity index (χ1) is 14.3. The van der Waals surface area contributed by atoms with E-state index in [2.05, 4.69) is 10.6 Å². The molecule has 9 heteroatoms. The van der Waals surface area contributed by atoms with E-state index in [1.807, 2.05) is 0 Å². The number of hydrogen-bond donors (Lipinski definition) is 3. The molecule has 0 aliphatic carbocycles. The van der Waals surface area contributed by atoms with Gasteiger partial charge in [0.15, 0.2) is 17.5 Å². The van der Waals surface area contributed by atoms with Crippen molar-refractivity contribution in [3.63, 3.8) is 0 Å². The smallest absolute Gasteiger partial charge is 0.256 e. The van der Waals surface area contributed by atoms with Gasteiger partial charge in [0.2, 0.25) is 0 Å². The van der Waals surface area contributed by atoms with Crippen molar-refractivity contribution in [1.82, 2.24) is 10.2 Å². The van der Waals surface area contributed by atoms with Gasteiger partial charge in [-0.15, -0.1) is 0 Å². The Morgan fingerprint density at radius 2 is 1.93 bits per heavy atom. The van der Waals surface area contributed by atoms with E-state index in [9.17, 15) is 23.1 Å². The number of amides is 1. The molecule has 0 unspecified atom stereocenters. The molecule has 1 atom stereocenters. The highest BCUT2D eigenvalue weighted by Gasteiger charge is 2.49. The van der Waals surface area contributed by atoms with Gasteiger partial charge >= 0.3 is 0 Å². The molecule has 1 amide bonds. The highest BCUT2D eigenvalue weighted by molar-refractivity contribution is 14.1. The number of aliphatic hydroxyl groups is 1. The number of halogens is 4. The number of nitrogens with one attached hydrogen (secondary N) is 2. The normalized spacial score (nSPS) is 20.6. The molecular formula is C21H21F3IN3O2. The fourth-order valence-corrected chi connectivity index (χ4v) is 4.54. The molecule has 30 heavy (non-hydrogen) atoms. The average Bonchev–Trinajstić information content (AvgIpc) is 2.72. The summed E-state index contributed by atoms with van der Waals surface area (Å²) >= 11 is 1.79. The number of anilines is 2. The van der Waals surface area contributed by atoms with E-state index in [0.717, 1.165) is 31.9 Å². The van der Waals surface area contributed by atoms with Crippen LogP contribution in [0.1, 0.15) is 29.6 Å². The summed E-state index contributed by atoms with van der Waals surface area (Å²) in [6, 6.07) is 6.43. The van der Waals surface area contributed by atoms with E-state index in [0.29, 0.717) is 3.57 Å². The number of hydrogen-bond acceptors (Lipinski definition) is 4. The van der Waals surface area contributed by atoms with Crippen LogP contribution in [-0.2, 0) is 0 Å². The Balaban J connectivity index is 1.58. The number of carbonyl (C=O) groups excluding carboxylic acids is 1. The van der Waals surface area contributed by atoms with Crippen LogP contribution in [0.2, 0.25) is 0 Å². The molecule has 2 aliphatic heterocycles. The van der Waals surface area contributed by atoms with Crippen molar-refractivity contribution in [3.8, 4) is 0 Å². The second-order valence-electron chi connectivity index (χ2n) is 7.78. The zero-order valence-corrected chi connectivity index (χ0v) is 18.2. The monoisotopic (exact) mass is 531 g/mol. The molecule has 2 aromatic carbocycles. The fraction of sp³-hybridized carbons (Fsp3) is 0.381. The van der Waals surface area contributed by atoms with Crippen LogP contribution in [0.3, 0.4) is 0 Å². The van der Waals surface area contributed by atoms with E-state index in [-0.39, 0.29) is 30.4 Å². The summed E-state index contributed by atoms with van der Waals surface area (Å²) in [7, 11) is 0. The van der Waals surface area contributed by atoms with Gasteiger partial charge in [0.1, 0.15) is 5.60 Å². The van der Waals surface area contributed by atoms with Crippen LogP contribution in [0.5, 0.6) is 0 Å². The van der Waals surface area contributed by atoms with Crippen LogP contribution < -0.4 is 10.6 Å². The van der Waals surface area contributed by atoms with E-state index < -0.39 is 34.6 Å². The van der Waals surface area contributed by atoms with Crippen molar-refractivity contribution in [2.24, 2.45) is 0 Å². The Labute approximate surface area is 185 Å². The van der Waals surface area contributed by atoms with Crippen LogP contribution in [0.4, 0.5) is 24.5 Å². The van der Waals surface area contributed by atoms with Gasteiger partial charge in [-0.2, -0.15) is 0 Å². The van der Waals surface area contributed by atoms with Gasteiger partial charge < -0.3 is 20.6 Å². The average molecular weight is 531 g/mol. The molecule has 3 N–H and O–H groups in total. The molecule has 2 aliphatic rings. The Kier molecular flexibility index (Phi) is 5.95. The Morgan fingerprint density at radius 1 is 1.17 bits per heavy atom. The second kappa shape index (κ2) is 8.35. The minimum atomic E-state index is -1.26. The second-order valence-corrected chi connectivity index (χ2v) is 8.94. The summed E-state index contributed by atoms with van der Waals surface area (Å²) in [5, 5.41) is 16.6. The zero-order chi connectivity index (χ0) is 21.5.